The molecule has 5 rings (SSSR count). The van der Waals surface area contributed by atoms with E-state index in [9.17, 15) is 17.6 Å². The van der Waals surface area contributed by atoms with Crippen molar-refractivity contribution in [2.24, 2.45) is 11.8 Å². The predicted octanol–water partition coefficient (Wildman–Crippen LogP) is 12.0. The Kier molecular flexibility index (Phi) is 11.2. The Morgan fingerprint density at radius 2 is 1.39 bits per heavy atom. The fraction of sp³-hybridized carbons (Fsp3) is 0.514. The van der Waals surface area contributed by atoms with E-state index in [-0.39, 0.29) is 35.7 Å². The number of ether oxygens (including phenoxy) is 2. The van der Waals surface area contributed by atoms with Crippen LogP contribution in [-0.2, 0) is 0 Å². The van der Waals surface area contributed by atoms with Crippen LogP contribution in [0.1, 0.15) is 107 Å². The Hall–Kier alpha value is -3.23. The molecular weight excluding hydrogens is 609 g/mol. The van der Waals surface area contributed by atoms with E-state index in [4.69, 9.17) is 4.74 Å². The van der Waals surface area contributed by atoms with Gasteiger partial charge in [-0.3, -0.25) is 0 Å². The van der Waals surface area contributed by atoms with E-state index < -0.39 is 47.8 Å². The molecule has 0 unspecified atom stereocenters. The summed E-state index contributed by atoms with van der Waals surface area (Å²) in [7, 11) is 0. The van der Waals surface area contributed by atoms with Gasteiger partial charge in [-0.1, -0.05) is 44.7 Å². The van der Waals surface area contributed by atoms with Crippen LogP contribution in [0.3, 0.4) is 0 Å². The van der Waals surface area contributed by atoms with Crippen molar-refractivity contribution in [1.29, 1.82) is 0 Å². The Balaban J connectivity index is 1.16. The maximum Gasteiger partial charge on any atom is 0.400 e. The van der Waals surface area contributed by atoms with Crippen LogP contribution >= 0.6 is 0 Å². The van der Waals surface area contributed by atoms with Crippen LogP contribution < -0.4 is 9.47 Å². The molecule has 3 aromatic rings. The fourth-order valence-corrected chi connectivity index (χ4v) is 7.28. The lowest BCUT2D eigenvalue weighted by atomic mass is 9.75. The Bertz CT molecular complexity index is 1440. The van der Waals surface area contributed by atoms with Gasteiger partial charge in [-0.15, -0.1) is 0 Å². The Morgan fingerprint density at radius 1 is 0.717 bits per heavy atom. The second kappa shape index (κ2) is 15.1. The van der Waals surface area contributed by atoms with Crippen LogP contribution in [0.25, 0.3) is 11.1 Å². The Morgan fingerprint density at radius 3 is 2.00 bits per heavy atom. The number of unbranched alkanes of at least 4 members (excludes halogenated alkanes) is 2. The molecule has 0 radical (unpaired) electrons. The van der Waals surface area contributed by atoms with Gasteiger partial charge in [-0.25, -0.2) is 22.0 Å². The number of hydrogen-bond donors (Lipinski definition) is 0. The maximum absolute atomic E-state index is 15.3. The first-order chi connectivity index (χ1) is 22.1. The van der Waals surface area contributed by atoms with Crippen molar-refractivity contribution < 1.29 is 40.2 Å². The normalized spacial score (nSPS) is 22.1. The van der Waals surface area contributed by atoms with Crippen LogP contribution in [-0.4, -0.2) is 13.0 Å². The van der Waals surface area contributed by atoms with Crippen LogP contribution in [0.5, 0.6) is 11.5 Å². The van der Waals surface area contributed by atoms with Crippen molar-refractivity contribution >= 4 is 0 Å². The molecule has 0 heterocycles. The van der Waals surface area contributed by atoms with Gasteiger partial charge < -0.3 is 9.47 Å². The highest BCUT2D eigenvalue weighted by Crippen LogP contribution is 2.45. The van der Waals surface area contributed by atoms with Crippen LogP contribution in [0.2, 0.25) is 0 Å². The number of halogens is 7. The van der Waals surface area contributed by atoms with Crippen LogP contribution in [0.15, 0.2) is 48.5 Å². The summed E-state index contributed by atoms with van der Waals surface area (Å²) in [5.41, 5.74) is 1.11. The topological polar surface area (TPSA) is 18.5 Å². The summed E-state index contributed by atoms with van der Waals surface area (Å²) in [5, 5.41) is 0. The zero-order valence-electron chi connectivity index (χ0n) is 26.1. The quantitative estimate of drug-likeness (QED) is 0.143. The number of benzene rings is 3. The van der Waals surface area contributed by atoms with Crippen molar-refractivity contribution in [3.8, 4) is 22.6 Å². The van der Waals surface area contributed by atoms with Gasteiger partial charge in [-0.2, -0.15) is 8.78 Å². The molecule has 3 aromatic carbocycles. The molecule has 0 bridgehead atoms. The number of alkyl halides is 3. The molecule has 2 nitrogen and oxygen atoms in total. The average Bonchev–Trinajstić information content (AvgIpc) is 3.03. The first kappa shape index (κ1) is 34.1. The summed E-state index contributed by atoms with van der Waals surface area (Å²) in [6.07, 6.45) is 6.92. The molecule has 0 spiro atoms. The van der Waals surface area contributed by atoms with E-state index in [0.717, 1.165) is 54.7 Å². The molecule has 2 aliphatic carbocycles. The smallest absolute Gasteiger partial charge is 0.400 e. The highest BCUT2D eigenvalue weighted by Gasteiger charge is 2.44. The second-order valence-electron chi connectivity index (χ2n) is 12.9. The van der Waals surface area contributed by atoms with Gasteiger partial charge >= 0.3 is 6.11 Å². The molecular formula is C37H41F7O2. The third-order valence-corrected chi connectivity index (χ3v) is 9.90. The third-order valence-electron chi connectivity index (χ3n) is 9.90. The van der Waals surface area contributed by atoms with Crippen molar-refractivity contribution in [3.05, 3.63) is 82.9 Å². The zero-order valence-corrected chi connectivity index (χ0v) is 26.1. The van der Waals surface area contributed by atoms with Gasteiger partial charge in [0.2, 0.25) is 6.86 Å². The Labute approximate surface area is 266 Å². The fourth-order valence-electron chi connectivity index (χ4n) is 7.28. The van der Waals surface area contributed by atoms with Gasteiger partial charge in [-0.05, 0) is 116 Å². The molecule has 0 N–H and O–H groups in total. The highest BCUT2D eigenvalue weighted by molar-refractivity contribution is 5.66. The molecule has 0 aliphatic heterocycles. The SMILES string of the molecule is CCCCCC1CCC(c2ccc(C3CCC(C(F)(F)Oc4ccc(-c5cc(F)c(OCF)c(F)c5)c(F)c4)CC3)c(F)c2)CC1. The van der Waals surface area contributed by atoms with Gasteiger partial charge in [0.05, 0.1) is 5.92 Å². The largest absolute Gasteiger partial charge is 0.457 e. The molecule has 2 fully saturated rings. The second-order valence-corrected chi connectivity index (χ2v) is 12.9. The van der Waals surface area contributed by atoms with Crippen molar-refractivity contribution in [2.45, 2.75) is 102 Å². The molecule has 2 saturated carbocycles. The molecule has 0 atom stereocenters. The predicted molar refractivity (Wildman–Crippen MR) is 164 cm³/mol. The molecule has 0 aromatic heterocycles. The molecule has 0 amide bonds. The summed E-state index contributed by atoms with van der Waals surface area (Å²) in [6, 6.07) is 9.91. The summed E-state index contributed by atoms with van der Waals surface area (Å²) in [5.74, 6) is -5.34. The van der Waals surface area contributed by atoms with E-state index in [1.807, 2.05) is 12.1 Å². The molecule has 0 saturated heterocycles. The van der Waals surface area contributed by atoms with Crippen LogP contribution in [0, 0.1) is 35.1 Å². The summed E-state index contributed by atoms with van der Waals surface area (Å²) in [6.45, 7) is 0.763. The van der Waals surface area contributed by atoms with Crippen molar-refractivity contribution in [1.82, 2.24) is 0 Å². The van der Waals surface area contributed by atoms with E-state index >= 15 is 13.2 Å². The lowest BCUT2D eigenvalue weighted by molar-refractivity contribution is -0.222. The summed E-state index contributed by atoms with van der Waals surface area (Å²) in [4.78, 5) is 0. The summed E-state index contributed by atoms with van der Waals surface area (Å²) >= 11 is 0. The minimum atomic E-state index is -3.61. The minimum absolute atomic E-state index is 0.104. The van der Waals surface area contributed by atoms with Gasteiger partial charge in [0.1, 0.15) is 17.4 Å². The monoisotopic (exact) mass is 650 g/mol. The highest BCUT2D eigenvalue weighted by atomic mass is 19.3. The van der Waals surface area contributed by atoms with Gasteiger partial charge in [0.25, 0.3) is 0 Å². The maximum atomic E-state index is 15.3. The average molecular weight is 651 g/mol. The van der Waals surface area contributed by atoms with Crippen molar-refractivity contribution in [3.63, 3.8) is 0 Å². The first-order valence-corrected chi connectivity index (χ1v) is 16.4. The van der Waals surface area contributed by atoms with E-state index in [1.165, 1.54) is 38.5 Å². The molecule has 46 heavy (non-hydrogen) atoms. The first-order valence-electron chi connectivity index (χ1n) is 16.4. The number of rotatable bonds is 12. The van der Waals surface area contributed by atoms with Gasteiger partial charge in [0.15, 0.2) is 17.4 Å². The van der Waals surface area contributed by atoms with E-state index in [2.05, 4.69) is 11.7 Å². The molecule has 9 heteroatoms. The van der Waals surface area contributed by atoms with Crippen LogP contribution in [0.4, 0.5) is 30.7 Å². The van der Waals surface area contributed by atoms with Gasteiger partial charge in [0, 0.05) is 11.6 Å². The van der Waals surface area contributed by atoms with E-state index in [1.54, 1.807) is 6.07 Å². The summed E-state index contributed by atoms with van der Waals surface area (Å²) < 4.78 is 110. The van der Waals surface area contributed by atoms with E-state index in [0.29, 0.717) is 24.3 Å². The molecule has 250 valence electrons. The standard InChI is InChI=1S/C37H41F7O2/c1-2-3-4-5-23-6-8-24(9-7-23)26-12-16-30(32(39)18-26)25-10-13-28(14-11-25)37(43,44)46-29-15-17-31(33(40)21-29)27-19-34(41)36(45-22-38)35(42)20-27/h12,15-21,23-25,28H,2-11,13-14,22H2,1H3. The van der Waals surface area contributed by atoms with Crippen molar-refractivity contribution in [2.75, 3.05) is 6.86 Å². The lowest BCUT2D eigenvalue weighted by Gasteiger charge is -2.34. The molecule has 2 aliphatic rings. The zero-order chi connectivity index (χ0) is 32.8. The number of hydrogen-bond acceptors (Lipinski definition) is 2. The lowest BCUT2D eigenvalue weighted by Crippen LogP contribution is -2.37. The minimum Gasteiger partial charge on any atom is -0.457 e. The third kappa shape index (κ3) is 8.00.